The molecule has 0 heterocycles. The van der Waals surface area contributed by atoms with Crippen molar-refractivity contribution >= 4 is 0 Å². The molecule has 2 heteroatoms. The van der Waals surface area contributed by atoms with E-state index in [0.29, 0.717) is 6.54 Å². The second-order valence-electron chi connectivity index (χ2n) is 4.69. The molecule has 1 aromatic carbocycles. The molecule has 0 bridgehead atoms. The van der Waals surface area contributed by atoms with Gasteiger partial charge in [0, 0.05) is 19.1 Å². The highest BCUT2D eigenvalue weighted by molar-refractivity contribution is 5.26. The van der Waals surface area contributed by atoms with Crippen LogP contribution in [0.2, 0.25) is 0 Å². The van der Waals surface area contributed by atoms with Crippen molar-refractivity contribution in [2.24, 2.45) is 5.73 Å². The molecule has 0 spiro atoms. The molecule has 0 radical (unpaired) electrons. The molecule has 1 aliphatic carbocycles. The molecular formula is C14H22N2. The number of benzene rings is 1. The maximum atomic E-state index is 5.73. The van der Waals surface area contributed by atoms with Crippen molar-refractivity contribution in [3.63, 3.8) is 0 Å². The summed E-state index contributed by atoms with van der Waals surface area (Å²) >= 11 is 0. The quantitative estimate of drug-likeness (QED) is 0.815. The molecule has 1 saturated carbocycles. The highest BCUT2D eigenvalue weighted by Gasteiger charge is 2.12. The van der Waals surface area contributed by atoms with Gasteiger partial charge in [-0.3, -0.25) is 0 Å². The maximum Gasteiger partial charge on any atom is 0.0211 e. The van der Waals surface area contributed by atoms with Gasteiger partial charge in [-0.05, 0) is 24.0 Å². The fraction of sp³-hybridized carbons (Fsp3) is 0.571. The Bertz CT molecular complexity index is 316. The first kappa shape index (κ1) is 11.6. The summed E-state index contributed by atoms with van der Waals surface area (Å²) in [5.41, 5.74) is 8.36. The van der Waals surface area contributed by atoms with Crippen molar-refractivity contribution in [3.8, 4) is 0 Å². The Morgan fingerprint density at radius 2 is 1.75 bits per heavy atom. The molecule has 1 fully saturated rings. The highest BCUT2D eigenvalue weighted by Crippen LogP contribution is 2.18. The molecule has 0 aliphatic heterocycles. The molecule has 0 saturated heterocycles. The molecule has 0 amide bonds. The van der Waals surface area contributed by atoms with Gasteiger partial charge in [-0.1, -0.05) is 43.5 Å². The number of hydrogen-bond donors (Lipinski definition) is 2. The van der Waals surface area contributed by atoms with E-state index in [2.05, 4.69) is 29.6 Å². The van der Waals surface area contributed by atoms with E-state index in [4.69, 9.17) is 5.73 Å². The van der Waals surface area contributed by atoms with Gasteiger partial charge in [0.25, 0.3) is 0 Å². The first-order chi connectivity index (χ1) is 7.90. The number of nitrogens with one attached hydrogen (secondary N) is 1. The molecule has 16 heavy (non-hydrogen) atoms. The van der Waals surface area contributed by atoms with Crippen LogP contribution in [0.1, 0.15) is 43.2 Å². The molecule has 1 aromatic rings. The van der Waals surface area contributed by atoms with Crippen LogP contribution in [0, 0.1) is 0 Å². The summed E-state index contributed by atoms with van der Waals surface area (Å²) < 4.78 is 0. The smallest absolute Gasteiger partial charge is 0.0211 e. The lowest BCUT2D eigenvalue weighted by atomic mass is 9.95. The van der Waals surface area contributed by atoms with E-state index in [1.54, 1.807) is 0 Å². The van der Waals surface area contributed by atoms with E-state index < -0.39 is 0 Å². The van der Waals surface area contributed by atoms with E-state index in [0.717, 1.165) is 12.6 Å². The van der Waals surface area contributed by atoms with Crippen LogP contribution in [-0.4, -0.2) is 6.04 Å². The zero-order valence-electron chi connectivity index (χ0n) is 9.91. The maximum absolute atomic E-state index is 5.73. The summed E-state index contributed by atoms with van der Waals surface area (Å²) in [6.07, 6.45) is 6.86. The topological polar surface area (TPSA) is 38.0 Å². The van der Waals surface area contributed by atoms with Crippen molar-refractivity contribution in [3.05, 3.63) is 35.4 Å². The van der Waals surface area contributed by atoms with Crippen LogP contribution in [0.3, 0.4) is 0 Å². The zero-order valence-corrected chi connectivity index (χ0v) is 9.91. The Labute approximate surface area is 98.2 Å². The van der Waals surface area contributed by atoms with Crippen molar-refractivity contribution in [1.29, 1.82) is 0 Å². The summed E-state index contributed by atoms with van der Waals surface area (Å²) in [7, 11) is 0. The van der Waals surface area contributed by atoms with Gasteiger partial charge in [0.1, 0.15) is 0 Å². The molecule has 2 nitrogen and oxygen atoms in total. The first-order valence-corrected chi connectivity index (χ1v) is 6.40. The van der Waals surface area contributed by atoms with Crippen molar-refractivity contribution in [2.75, 3.05) is 0 Å². The predicted octanol–water partition coefficient (Wildman–Crippen LogP) is 2.57. The summed E-state index contributed by atoms with van der Waals surface area (Å²) in [5.74, 6) is 0. The van der Waals surface area contributed by atoms with Crippen LogP contribution in [0.5, 0.6) is 0 Å². The summed E-state index contributed by atoms with van der Waals surface area (Å²) in [6, 6.07) is 9.18. The molecule has 0 unspecified atom stereocenters. The molecule has 88 valence electrons. The Hall–Kier alpha value is -0.860. The standard InChI is InChI=1S/C14H22N2/c15-10-12-6-4-5-7-13(12)11-16-14-8-2-1-3-9-14/h4-7,14,16H,1-3,8-11,15H2. The zero-order chi connectivity index (χ0) is 11.2. The molecule has 2 rings (SSSR count). The summed E-state index contributed by atoms with van der Waals surface area (Å²) in [5, 5.41) is 3.66. The molecule has 0 aromatic heterocycles. The molecular weight excluding hydrogens is 196 g/mol. The van der Waals surface area contributed by atoms with E-state index in [1.165, 1.54) is 43.2 Å². The lowest BCUT2D eigenvalue weighted by Crippen LogP contribution is -2.30. The Morgan fingerprint density at radius 1 is 1.06 bits per heavy atom. The van der Waals surface area contributed by atoms with E-state index in [-0.39, 0.29) is 0 Å². The van der Waals surface area contributed by atoms with Crippen LogP contribution in [-0.2, 0) is 13.1 Å². The Morgan fingerprint density at radius 3 is 2.44 bits per heavy atom. The second kappa shape index (κ2) is 6.02. The van der Waals surface area contributed by atoms with Gasteiger partial charge in [-0.15, -0.1) is 0 Å². The van der Waals surface area contributed by atoms with Crippen molar-refractivity contribution < 1.29 is 0 Å². The Balaban J connectivity index is 1.88. The van der Waals surface area contributed by atoms with Gasteiger partial charge < -0.3 is 11.1 Å². The monoisotopic (exact) mass is 218 g/mol. The van der Waals surface area contributed by atoms with Gasteiger partial charge in [0.2, 0.25) is 0 Å². The van der Waals surface area contributed by atoms with Crippen LogP contribution >= 0.6 is 0 Å². The normalized spacial score (nSPS) is 17.6. The average molecular weight is 218 g/mol. The van der Waals surface area contributed by atoms with Crippen LogP contribution in [0.15, 0.2) is 24.3 Å². The minimum atomic E-state index is 0.641. The largest absolute Gasteiger partial charge is 0.326 e. The lowest BCUT2D eigenvalue weighted by molar-refractivity contribution is 0.372. The van der Waals surface area contributed by atoms with Gasteiger partial charge >= 0.3 is 0 Å². The minimum Gasteiger partial charge on any atom is -0.326 e. The molecule has 0 atom stereocenters. The van der Waals surface area contributed by atoms with Gasteiger partial charge in [-0.2, -0.15) is 0 Å². The molecule has 3 N–H and O–H groups in total. The average Bonchev–Trinajstić information content (AvgIpc) is 2.38. The Kier molecular flexibility index (Phi) is 4.37. The van der Waals surface area contributed by atoms with Crippen molar-refractivity contribution in [2.45, 2.75) is 51.2 Å². The summed E-state index contributed by atoms with van der Waals surface area (Å²) in [4.78, 5) is 0. The van der Waals surface area contributed by atoms with Gasteiger partial charge in [0.15, 0.2) is 0 Å². The SMILES string of the molecule is NCc1ccccc1CNC1CCCCC1. The highest BCUT2D eigenvalue weighted by atomic mass is 14.9. The predicted molar refractivity (Wildman–Crippen MR) is 68.0 cm³/mol. The van der Waals surface area contributed by atoms with E-state index >= 15 is 0 Å². The number of hydrogen-bond acceptors (Lipinski definition) is 2. The number of rotatable bonds is 4. The van der Waals surface area contributed by atoms with E-state index in [9.17, 15) is 0 Å². The fourth-order valence-electron chi connectivity index (χ4n) is 2.49. The first-order valence-electron chi connectivity index (χ1n) is 6.40. The van der Waals surface area contributed by atoms with Crippen molar-refractivity contribution in [1.82, 2.24) is 5.32 Å². The van der Waals surface area contributed by atoms with Gasteiger partial charge in [0.05, 0.1) is 0 Å². The number of nitrogens with two attached hydrogens (primary N) is 1. The lowest BCUT2D eigenvalue weighted by Gasteiger charge is -2.23. The third-order valence-electron chi connectivity index (χ3n) is 3.52. The second-order valence-corrected chi connectivity index (χ2v) is 4.69. The van der Waals surface area contributed by atoms with E-state index in [1.807, 2.05) is 0 Å². The summed E-state index contributed by atoms with van der Waals surface area (Å²) in [6.45, 7) is 1.61. The third-order valence-corrected chi connectivity index (χ3v) is 3.52. The third kappa shape index (κ3) is 3.06. The fourth-order valence-corrected chi connectivity index (χ4v) is 2.49. The van der Waals surface area contributed by atoms with Crippen LogP contribution in [0.4, 0.5) is 0 Å². The molecule has 1 aliphatic rings. The minimum absolute atomic E-state index is 0.641. The van der Waals surface area contributed by atoms with Gasteiger partial charge in [-0.25, -0.2) is 0 Å². The van der Waals surface area contributed by atoms with Crippen LogP contribution < -0.4 is 11.1 Å². The van der Waals surface area contributed by atoms with Crippen LogP contribution in [0.25, 0.3) is 0 Å².